The number of alkyl halides is 3. The molecular weight excluding hydrogens is 471 g/mol. The van der Waals surface area contributed by atoms with Gasteiger partial charge < -0.3 is 5.32 Å². The fourth-order valence-corrected chi connectivity index (χ4v) is 5.85. The third kappa shape index (κ3) is 7.07. The second-order valence-corrected chi connectivity index (χ2v) is 13.1. The summed E-state index contributed by atoms with van der Waals surface area (Å²) in [4.78, 5) is 4.34. The van der Waals surface area contributed by atoms with E-state index in [1.165, 1.54) is 11.8 Å². The summed E-state index contributed by atoms with van der Waals surface area (Å²) in [6, 6.07) is 8.01. The van der Waals surface area contributed by atoms with Gasteiger partial charge in [-0.2, -0.15) is 13.2 Å². The molecule has 33 heavy (non-hydrogen) atoms. The molecular formula is C23H32F3N3O2S2. The molecule has 5 nitrogen and oxygen atoms in total. The number of pyridine rings is 1. The van der Waals surface area contributed by atoms with Crippen LogP contribution >= 0.6 is 11.8 Å². The van der Waals surface area contributed by atoms with E-state index >= 15 is 0 Å². The lowest BCUT2D eigenvalue weighted by molar-refractivity contribution is -0.141. The predicted octanol–water partition coefficient (Wildman–Crippen LogP) is 5.21. The van der Waals surface area contributed by atoms with E-state index in [0.717, 1.165) is 43.7 Å². The molecule has 2 aromatic rings. The molecule has 1 heterocycles. The fourth-order valence-electron chi connectivity index (χ4n) is 3.83. The van der Waals surface area contributed by atoms with Gasteiger partial charge in [0.1, 0.15) is 5.69 Å². The first-order chi connectivity index (χ1) is 15.4. The van der Waals surface area contributed by atoms with Gasteiger partial charge in [-0.25, -0.2) is 18.1 Å². The molecule has 0 bridgehead atoms. The lowest BCUT2D eigenvalue weighted by Gasteiger charge is -2.31. The van der Waals surface area contributed by atoms with Crippen LogP contribution in [-0.4, -0.2) is 43.0 Å². The largest absolute Gasteiger partial charge is 0.433 e. The SMILES string of the molecule is CC(C)(C)S(=O)(=O)N[C@H]1CC[C@H](CNCCSc2cc(C(F)(F)F)nc3ccccc23)CC1. The zero-order valence-corrected chi connectivity index (χ0v) is 20.8. The molecule has 0 spiro atoms. The van der Waals surface area contributed by atoms with Crippen molar-refractivity contribution in [3.8, 4) is 0 Å². The van der Waals surface area contributed by atoms with Gasteiger partial charge >= 0.3 is 6.18 Å². The molecule has 0 atom stereocenters. The molecule has 0 amide bonds. The van der Waals surface area contributed by atoms with Crippen molar-refractivity contribution in [3.05, 3.63) is 36.0 Å². The molecule has 0 saturated heterocycles. The van der Waals surface area contributed by atoms with Gasteiger partial charge in [-0.1, -0.05) is 18.2 Å². The van der Waals surface area contributed by atoms with Gasteiger partial charge in [-0.15, -0.1) is 11.8 Å². The van der Waals surface area contributed by atoms with Crippen LogP contribution in [0, 0.1) is 5.92 Å². The number of sulfonamides is 1. The van der Waals surface area contributed by atoms with Crippen LogP contribution in [-0.2, 0) is 16.2 Å². The number of nitrogens with zero attached hydrogens (tertiary/aromatic N) is 1. The van der Waals surface area contributed by atoms with E-state index in [1.54, 1.807) is 45.0 Å². The number of nitrogens with one attached hydrogen (secondary N) is 2. The van der Waals surface area contributed by atoms with Crippen molar-refractivity contribution in [3.63, 3.8) is 0 Å². The van der Waals surface area contributed by atoms with Crippen molar-refractivity contribution in [2.24, 2.45) is 5.92 Å². The highest BCUT2D eigenvalue weighted by atomic mass is 32.2. The maximum atomic E-state index is 13.2. The van der Waals surface area contributed by atoms with Gasteiger partial charge in [-0.05, 0) is 71.0 Å². The van der Waals surface area contributed by atoms with E-state index in [1.807, 2.05) is 0 Å². The van der Waals surface area contributed by atoms with Crippen molar-refractivity contribution in [1.29, 1.82) is 0 Å². The zero-order chi connectivity index (χ0) is 24.3. The summed E-state index contributed by atoms with van der Waals surface area (Å²) in [6.07, 6.45) is -0.945. The third-order valence-electron chi connectivity index (χ3n) is 5.91. The van der Waals surface area contributed by atoms with Crippen molar-refractivity contribution in [1.82, 2.24) is 15.0 Å². The Morgan fingerprint density at radius 1 is 1.09 bits per heavy atom. The quantitative estimate of drug-likeness (QED) is 0.382. The van der Waals surface area contributed by atoms with Crippen molar-refractivity contribution in [2.45, 2.75) is 68.3 Å². The molecule has 1 aliphatic carbocycles. The number of benzene rings is 1. The molecule has 1 fully saturated rings. The predicted molar refractivity (Wildman–Crippen MR) is 128 cm³/mol. The van der Waals surface area contributed by atoms with Gasteiger partial charge in [0.2, 0.25) is 10.0 Å². The van der Waals surface area contributed by atoms with E-state index in [2.05, 4.69) is 15.0 Å². The number of thioether (sulfide) groups is 1. The van der Waals surface area contributed by atoms with Crippen LogP contribution in [0.1, 0.15) is 52.1 Å². The summed E-state index contributed by atoms with van der Waals surface area (Å²) in [7, 11) is -3.34. The smallest absolute Gasteiger partial charge is 0.316 e. The summed E-state index contributed by atoms with van der Waals surface area (Å²) in [5.74, 6) is 1.12. The van der Waals surface area contributed by atoms with Crippen LogP contribution in [0.4, 0.5) is 13.2 Å². The Labute approximate surface area is 198 Å². The Balaban J connectivity index is 1.44. The van der Waals surface area contributed by atoms with E-state index in [0.29, 0.717) is 28.6 Å². The van der Waals surface area contributed by atoms with Gasteiger partial charge in [-0.3, -0.25) is 0 Å². The minimum absolute atomic E-state index is 0.0103. The van der Waals surface area contributed by atoms with Gasteiger partial charge in [0, 0.05) is 28.6 Å². The molecule has 1 aromatic carbocycles. The summed E-state index contributed by atoms with van der Waals surface area (Å²) in [5.41, 5.74) is -0.517. The molecule has 0 aliphatic heterocycles. The normalized spacial score (nSPS) is 20.3. The Hall–Kier alpha value is -1.36. The highest BCUT2D eigenvalue weighted by molar-refractivity contribution is 7.99. The first kappa shape index (κ1) is 26.2. The maximum Gasteiger partial charge on any atom is 0.433 e. The first-order valence-corrected chi connectivity index (χ1v) is 13.7. The van der Waals surface area contributed by atoms with Gasteiger partial charge in [0.05, 0.1) is 10.3 Å². The van der Waals surface area contributed by atoms with Crippen LogP contribution < -0.4 is 10.0 Å². The second-order valence-electron chi connectivity index (χ2n) is 9.52. The summed E-state index contributed by atoms with van der Waals surface area (Å²) < 4.78 is 66.3. The van der Waals surface area contributed by atoms with E-state index in [4.69, 9.17) is 0 Å². The van der Waals surface area contributed by atoms with Crippen LogP contribution in [0.5, 0.6) is 0 Å². The molecule has 1 saturated carbocycles. The number of halogens is 3. The van der Waals surface area contributed by atoms with Crippen LogP contribution in [0.15, 0.2) is 35.2 Å². The lowest BCUT2D eigenvalue weighted by atomic mass is 9.86. The maximum absolute atomic E-state index is 13.2. The molecule has 3 rings (SSSR count). The Morgan fingerprint density at radius 2 is 1.76 bits per heavy atom. The molecule has 184 valence electrons. The summed E-state index contributed by atoms with van der Waals surface area (Å²) in [6.45, 7) is 6.59. The summed E-state index contributed by atoms with van der Waals surface area (Å²) in [5, 5.41) is 4.14. The Bertz CT molecular complexity index is 1050. The number of rotatable bonds is 8. The number of hydrogen-bond acceptors (Lipinski definition) is 5. The highest BCUT2D eigenvalue weighted by Crippen LogP contribution is 2.34. The highest BCUT2D eigenvalue weighted by Gasteiger charge is 2.34. The number of fused-ring (bicyclic) bond motifs is 1. The third-order valence-corrected chi connectivity index (χ3v) is 9.23. The zero-order valence-electron chi connectivity index (χ0n) is 19.2. The van der Waals surface area contributed by atoms with E-state index in [9.17, 15) is 21.6 Å². The van der Waals surface area contributed by atoms with Crippen molar-refractivity contribution < 1.29 is 21.6 Å². The Morgan fingerprint density at radius 3 is 2.39 bits per heavy atom. The average Bonchev–Trinajstić information content (AvgIpc) is 2.72. The molecule has 0 unspecified atom stereocenters. The molecule has 0 radical (unpaired) electrons. The van der Waals surface area contributed by atoms with Crippen molar-refractivity contribution in [2.75, 3.05) is 18.8 Å². The topological polar surface area (TPSA) is 71.1 Å². The van der Waals surface area contributed by atoms with E-state index in [-0.39, 0.29) is 6.04 Å². The van der Waals surface area contributed by atoms with Crippen LogP contribution in [0.2, 0.25) is 0 Å². The fraction of sp³-hybridized carbons (Fsp3) is 0.609. The van der Waals surface area contributed by atoms with Crippen LogP contribution in [0.25, 0.3) is 10.9 Å². The van der Waals surface area contributed by atoms with Crippen LogP contribution in [0.3, 0.4) is 0 Å². The molecule has 2 N–H and O–H groups in total. The first-order valence-electron chi connectivity index (χ1n) is 11.2. The minimum atomic E-state index is -4.47. The Kier molecular flexibility index (Phi) is 8.35. The number of aromatic nitrogens is 1. The molecule has 1 aromatic heterocycles. The van der Waals surface area contributed by atoms with Gasteiger partial charge in [0.25, 0.3) is 0 Å². The lowest BCUT2D eigenvalue weighted by Crippen LogP contribution is -2.46. The average molecular weight is 504 g/mol. The minimum Gasteiger partial charge on any atom is -0.316 e. The summed E-state index contributed by atoms with van der Waals surface area (Å²) >= 11 is 1.40. The molecule has 1 aliphatic rings. The number of hydrogen-bond donors (Lipinski definition) is 2. The van der Waals surface area contributed by atoms with E-state index < -0.39 is 26.6 Å². The van der Waals surface area contributed by atoms with Gasteiger partial charge in [0.15, 0.2) is 0 Å². The standard InChI is InChI=1S/C23H32F3N3O2S2/c1-22(2,3)33(30,31)29-17-10-8-16(9-11-17)15-27-12-13-32-20-14-21(23(24,25)26)28-19-7-5-4-6-18(19)20/h4-7,14,16-17,27,29H,8-13,15H2,1-3H3/t16-,17-. The van der Waals surface area contributed by atoms with Crippen molar-refractivity contribution >= 4 is 32.7 Å². The second kappa shape index (κ2) is 10.5. The molecule has 10 heteroatoms. The number of para-hydroxylation sites is 1. The monoisotopic (exact) mass is 503 g/mol.